The van der Waals surface area contributed by atoms with Crippen molar-refractivity contribution in [1.29, 1.82) is 0 Å². The van der Waals surface area contributed by atoms with E-state index in [0.717, 1.165) is 0 Å². The van der Waals surface area contributed by atoms with Gasteiger partial charge in [0.05, 0.1) is 0 Å². The Hall–Kier alpha value is -0.970. The van der Waals surface area contributed by atoms with E-state index in [0.29, 0.717) is 0 Å². The summed E-state index contributed by atoms with van der Waals surface area (Å²) >= 11 is 1.35. The van der Waals surface area contributed by atoms with Crippen molar-refractivity contribution >= 4 is 23.8 Å². The molecule has 0 aliphatic carbocycles. The lowest BCUT2D eigenvalue weighted by atomic mass is 10.3. The molecule has 0 aromatic rings. The molecular formula is C7H11NO3S. The van der Waals surface area contributed by atoms with Crippen LogP contribution < -0.4 is 5.32 Å². The molecule has 4 nitrogen and oxygen atoms in total. The highest BCUT2D eigenvalue weighted by Gasteiger charge is 2.07. The van der Waals surface area contributed by atoms with Gasteiger partial charge in [-0.15, -0.1) is 11.8 Å². The van der Waals surface area contributed by atoms with Gasteiger partial charge in [0.1, 0.15) is 5.94 Å². The first-order valence-corrected chi connectivity index (χ1v) is 4.60. The van der Waals surface area contributed by atoms with Gasteiger partial charge in [0.25, 0.3) is 5.91 Å². The predicted octanol–water partition coefficient (Wildman–Crippen LogP) is 1.14. The number of ether oxygens (including phenoxy) is 1. The van der Waals surface area contributed by atoms with Gasteiger partial charge in [0, 0.05) is 5.57 Å². The molecule has 0 aliphatic heterocycles. The number of carbonyl (C=O) groups excluding carboxylic acids is 2. The van der Waals surface area contributed by atoms with Gasteiger partial charge in [-0.2, -0.15) is 0 Å². The lowest BCUT2D eigenvalue weighted by Gasteiger charge is -2.03. The van der Waals surface area contributed by atoms with Gasteiger partial charge in [-0.3, -0.25) is 10.1 Å². The average Bonchev–Trinajstić information content (AvgIpc) is 2.00. The van der Waals surface area contributed by atoms with Crippen LogP contribution in [0.25, 0.3) is 0 Å². The number of imide groups is 1. The first kappa shape index (κ1) is 11.0. The van der Waals surface area contributed by atoms with Crippen LogP contribution in [0.3, 0.4) is 0 Å². The number of amides is 2. The number of rotatable bonds is 3. The fourth-order valence-corrected chi connectivity index (χ4v) is 0.573. The van der Waals surface area contributed by atoms with Crippen molar-refractivity contribution in [3.8, 4) is 0 Å². The Morgan fingerprint density at radius 3 is 2.58 bits per heavy atom. The molecule has 0 atom stereocenters. The fourth-order valence-electron chi connectivity index (χ4n) is 0.348. The third-order valence-corrected chi connectivity index (χ3v) is 1.26. The lowest BCUT2D eigenvalue weighted by molar-refractivity contribution is -0.116. The molecule has 0 saturated heterocycles. The fraction of sp³-hybridized carbons (Fsp3) is 0.429. The summed E-state index contributed by atoms with van der Waals surface area (Å²) in [5.41, 5.74) is 0.274. The molecular weight excluding hydrogens is 178 g/mol. The SMILES string of the molecule is C=C(C)C(=O)NC(=O)OCSC. The van der Waals surface area contributed by atoms with Gasteiger partial charge in [-0.05, 0) is 13.2 Å². The summed E-state index contributed by atoms with van der Waals surface area (Å²) in [6, 6.07) is 0. The third kappa shape index (κ3) is 4.79. The molecule has 0 unspecified atom stereocenters. The zero-order valence-electron chi connectivity index (χ0n) is 7.05. The number of nitrogens with one attached hydrogen (secondary N) is 1. The summed E-state index contributed by atoms with van der Waals surface area (Å²) in [5, 5.41) is 2.00. The first-order chi connectivity index (χ1) is 5.57. The summed E-state index contributed by atoms with van der Waals surface area (Å²) in [4.78, 5) is 21.5. The minimum atomic E-state index is -0.739. The molecule has 5 heteroatoms. The maximum atomic E-state index is 10.8. The van der Waals surface area contributed by atoms with Gasteiger partial charge in [-0.25, -0.2) is 4.79 Å². The van der Waals surface area contributed by atoms with Crippen LogP contribution in [0.4, 0.5) is 4.79 Å². The Balaban J connectivity index is 3.69. The second-order valence-electron chi connectivity index (χ2n) is 2.07. The number of carbonyl (C=O) groups is 2. The van der Waals surface area contributed by atoms with E-state index in [1.165, 1.54) is 18.7 Å². The van der Waals surface area contributed by atoms with Crippen molar-refractivity contribution in [2.75, 3.05) is 12.2 Å². The molecule has 0 saturated carbocycles. The highest BCUT2D eigenvalue weighted by atomic mass is 32.2. The van der Waals surface area contributed by atoms with E-state index in [4.69, 9.17) is 0 Å². The van der Waals surface area contributed by atoms with Gasteiger partial charge >= 0.3 is 6.09 Å². The minimum Gasteiger partial charge on any atom is -0.438 e. The van der Waals surface area contributed by atoms with E-state index in [2.05, 4.69) is 11.3 Å². The third-order valence-electron chi connectivity index (χ3n) is 0.911. The largest absolute Gasteiger partial charge is 0.438 e. The van der Waals surface area contributed by atoms with Gasteiger partial charge in [0.2, 0.25) is 0 Å². The Bertz CT molecular complexity index is 203. The van der Waals surface area contributed by atoms with Crippen molar-refractivity contribution in [2.24, 2.45) is 0 Å². The Morgan fingerprint density at radius 1 is 1.58 bits per heavy atom. The van der Waals surface area contributed by atoms with Crippen LogP contribution in [-0.4, -0.2) is 24.2 Å². The molecule has 68 valence electrons. The summed E-state index contributed by atoms with van der Waals surface area (Å²) in [7, 11) is 0. The number of hydrogen-bond acceptors (Lipinski definition) is 4. The number of thioether (sulfide) groups is 1. The van der Waals surface area contributed by atoms with Crippen molar-refractivity contribution in [2.45, 2.75) is 6.92 Å². The predicted molar refractivity (Wildman–Crippen MR) is 47.8 cm³/mol. The topological polar surface area (TPSA) is 55.4 Å². The standard InChI is InChI=1S/C7H11NO3S/c1-5(2)6(9)8-7(10)11-4-12-3/h1,4H2,2-3H3,(H,8,9,10). The second kappa shape index (κ2) is 5.65. The lowest BCUT2D eigenvalue weighted by Crippen LogP contribution is -2.31. The summed E-state index contributed by atoms with van der Waals surface area (Å²) in [5.74, 6) is -0.281. The van der Waals surface area contributed by atoms with Crippen molar-refractivity contribution in [1.82, 2.24) is 5.32 Å². The maximum Gasteiger partial charge on any atom is 0.414 e. The average molecular weight is 189 g/mol. The molecule has 0 rings (SSSR count). The molecule has 0 fully saturated rings. The van der Waals surface area contributed by atoms with E-state index in [1.54, 1.807) is 6.26 Å². The van der Waals surface area contributed by atoms with Crippen LogP contribution in [-0.2, 0) is 9.53 Å². The quantitative estimate of drug-likeness (QED) is 0.534. The zero-order valence-corrected chi connectivity index (χ0v) is 7.86. The Morgan fingerprint density at radius 2 is 2.17 bits per heavy atom. The Labute approximate surface area is 75.3 Å². The minimum absolute atomic E-state index is 0.231. The molecule has 0 aromatic heterocycles. The molecule has 1 N–H and O–H groups in total. The van der Waals surface area contributed by atoms with Crippen molar-refractivity contribution < 1.29 is 14.3 Å². The highest BCUT2D eigenvalue weighted by molar-refractivity contribution is 7.98. The molecule has 0 radical (unpaired) electrons. The molecule has 0 aliphatic rings. The molecule has 0 spiro atoms. The number of alkyl carbamates (subject to hydrolysis) is 1. The van der Waals surface area contributed by atoms with Crippen LogP contribution in [0.15, 0.2) is 12.2 Å². The van der Waals surface area contributed by atoms with E-state index >= 15 is 0 Å². The smallest absolute Gasteiger partial charge is 0.414 e. The zero-order chi connectivity index (χ0) is 9.56. The Kier molecular flexibility index (Phi) is 5.19. The van der Waals surface area contributed by atoms with E-state index in [9.17, 15) is 9.59 Å². The normalized spacial score (nSPS) is 8.83. The molecule has 0 bridgehead atoms. The summed E-state index contributed by atoms with van der Waals surface area (Å²) in [6.45, 7) is 4.87. The monoisotopic (exact) mass is 189 g/mol. The van der Waals surface area contributed by atoms with E-state index < -0.39 is 12.0 Å². The summed E-state index contributed by atoms with van der Waals surface area (Å²) < 4.78 is 4.56. The number of hydrogen-bond donors (Lipinski definition) is 1. The van der Waals surface area contributed by atoms with Gasteiger partial charge in [0.15, 0.2) is 0 Å². The van der Waals surface area contributed by atoms with Crippen LogP contribution in [0.1, 0.15) is 6.92 Å². The van der Waals surface area contributed by atoms with Crippen LogP contribution in [0.2, 0.25) is 0 Å². The molecule has 0 heterocycles. The summed E-state index contributed by atoms with van der Waals surface area (Å²) in [6.07, 6.45) is 1.05. The highest BCUT2D eigenvalue weighted by Crippen LogP contribution is 1.93. The van der Waals surface area contributed by atoms with Gasteiger partial charge in [-0.1, -0.05) is 6.58 Å². The molecule has 2 amide bonds. The molecule has 0 aromatic carbocycles. The van der Waals surface area contributed by atoms with Crippen molar-refractivity contribution in [3.05, 3.63) is 12.2 Å². The van der Waals surface area contributed by atoms with Crippen LogP contribution in [0, 0.1) is 0 Å². The van der Waals surface area contributed by atoms with E-state index in [1.807, 2.05) is 5.32 Å². The second-order valence-corrected chi connectivity index (χ2v) is 2.89. The van der Waals surface area contributed by atoms with E-state index in [-0.39, 0.29) is 11.5 Å². The first-order valence-electron chi connectivity index (χ1n) is 3.20. The van der Waals surface area contributed by atoms with Gasteiger partial charge < -0.3 is 4.74 Å². The van der Waals surface area contributed by atoms with Crippen molar-refractivity contribution in [3.63, 3.8) is 0 Å². The van der Waals surface area contributed by atoms with Crippen LogP contribution >= 0.6 is 11.8 Å². The van der Waals surface area contributed by atoms with Crippen LogP contribution in [0.5, 0.6) is 0 Å². The molecule has 12 heavy (non-hydrogen) atoms. The maximum absolute atomic E-state index is 10.8.